The third-order valence-electron chi connectivity index (χ3n) is 3.88. The lowest BCUT2D eigenvalue weighted by Gasteiger charge is -2.29. The van der Waals surface area contributed by atoms with Crippen LogP contribution in [0.25, 0.3) is 0 Å². The molecular formula is C17H18N2O8. The van der Waals surface area contributed by atoms with Gasteiger partial charge in [-0.25, -0.2) is 4.79 Å². The van der Waals surface area contributed by atoms with Crippen molar-refractivity contribution in [1.82, 2.24) is 5.32 Å². The van der Waals surface area contributed by atoms with Crippen LogP contribution < -0.4 is 15.0 Å². The molecule has 0 spiro atoms. The van der Waals surface area contributed by atoms with Gasteiger partial charge in [-0.15, -0.1) is 0 Å². The molecule has 1 aliphatic heterocycles. The van der Waals surface area contributed by atoms with Crippen molar-refractivity contribution < 1.29 is 38.9 Å². The fourth-order valence-electron chi connectivity index (χ4n) is 2.52. The van der Waals surface area contributed by atoms with E-state index in [4.69, 9.17) is 14.9 Å². The summed E-state index contributed by atoms with van der Waals surface area (Å²) in [5.74, 6) is -3.79. The SMILES string of the molecule is CC(=O)c1ccc2c(c1)N(CCC(=O)NC(CC(=O)O)C(=O)O)C(=O)CO2. The van der Waals surface area contributed by atoms with Gasteiger partial charge in [0, 0.05) is 18.5 Å². The number of rotatable bonds is 8. The van der Waals surface area contributed by atoms with Crippen LogP contribution in [0.3, 0.4) is 0 Å². The first-order valence-electron chi connectivity index (χ1n) is 8.01. The van der Waals surface area contributed by atoms with E-state index in [1.165, 1.54) is 17.9 Å². The van der Waals surface area contributed by atoms with Crippen molar-refractivity contribution in [3.8, 4) is 5.75 Å². The molecule has 0 fully saturated rings. The number of anilines is 1. The van der Waals surface area contributed by atoms with Crippen LogP contribution in [0.4, 0.5) is 5.69 Å². The molecule has 2 amide bonds. The Balaban J connectivity index is 2.09. The number of nitrogens with one attached hydrogen (secondary N) is 1. The van der Waals surface area contributed by atoms with Gasteiger partial charge in [-0.1, -0.05) is 0 Å². The predicted molar refractivity (Wildman–Crippen MR) is 90.7 cm³/mol. The first kappa shape index (κ1) is 19.9. The first-order valence-corrected chi connectivity index (χ1v) is 8.01. The van der Waals surface area contributed by atoms with E-state index in [1.54, 1.807) is 12.1 Å². The molecule has 1 aliphatic rings. The Hall–Kier alpha value is -3.43. The highest BCUT2D eigenvalue weighted by Crippen LogP contribution is 2.33. The lowest BCUT2D eigenvalue weighted by molar-refractivity contribution is -0.147. The summed E-state index contributed by atoms with van der Waals surface area (Å²) >= 11 is 0. The number of carbonyl (C=O) groups is 5. The number of hydrogen-bond acceptors (Lipinski definition) is 6. The molecule has 1 atom stereocenters. The Morgan fingerprint density at radius 2 is 1.96 bits per heavy atom. The summed E-state index contributed by atoms with van der Waals surface area (Å²) in [4.78, 5) is 58.6. The molecule has 10 heteroatoms. The van der Waals surface area contributed by atoms with Gasteiger partial charge >= 0.3 is 11.9 Å². The zero-order chi connectivity index (χ0) is 20.1. The van der Waals surface area contributed by atoms with Crippen LogP contribution in [0.2, 0.25) is 0 Å². The maximum atomic E-state index is 12.1. The Morgan fingerprint density at radius 1 is 1.26 bits per heavy atom. The molecule has 10 nitrogen and oxygen atoms in total. The van der Waals surface area contributed by atoms with E-state index in [1.807, 2.05) is 0 Å². The van der Waals surface area contributed by atoms with Crippen molar-refractivity contribution in [2.24, 2.45) is 0 Å². The highest BCUT2D eigenvalue weighted by atomic mass is 16.5. The normalized spacial score (nSPS) is 14.0. The van der Waals surface area contributed by atoms with Gasteiger partial charge in [0.15, 0.2) is 12.4 Å². The Labute approximate surface area is 153 Å². The van der Waals surface area contributed by atoms with Gasteiger partial charge in [-0.3, -0.25) is 19.2 Å². The monoisotopic (exact) mass is 378 g/mol. The molecule has 1 heterocycles. The highest BCUT2D eigenvalue weighted by molar-refractivity contribution is 6.01. The average Bonchev–Trinajstić information content (AvgIpc) is 2.59. The van der Waals surface area contributed by atoms with E-state index in [-0.39, 0.29) is 25.4 Å². The second-order valence-electron chi connectivity index (χ2n) is 5.88. The molecule has 1 aromatic rings. The van der Waals surface area contributed by atoms with Crippen LogP contribution in [0.5, 0.6) is 5.75 Å². The van der Waals surface area contributed by atoms with Crippen LogP contribution in [-0.2, 0) is 19.2 Å². The number of Topliss-reactive ketones (excluding diaryl/α,β-unsaturated/α-hetero) is 1. The molecule has 0 radical (unpaired) electrons. The van der Waals surface area contributed by atoms with Gasteiger partial charge in [-0.05, 0) is 25.1 Å². The van der Waals surface area contributed by atoms with Crippen molar-refractivity contribution in [2.45, 2.75) is 25.8 Å². The summed E-state index contributed by atoms with van der Waals surface area (Å²) in [7, 11) is 0. The van der Waals surface area contributed by atoms with Crippen molar-refractivity contribution in [3.05, 3.63) is 23.8 Å². The number of nitrogens with zero attached hydrogens (tertiary/aromatic N) is 1. The van der Waals surface area contributed by atoms with Crippen LogP contribution in [0, 0.1) is 0 Å². The molecular weight excluding hydrogens is 360 g/mol. The van der Waals surface area contributed by atoms with Crippen molar-refractivity contribution in [3.63, 3.8) is 0 Å². The summed E-state index contributed by atoms with van der Waals surface area (Å²) in [6.45, 7) is 1.06. The van der Waals surface area contributed by atoms with Gasteiger partial charge in [0.05, 0.1) is 12.1 Å². The van der Waals surface area contributed by atoms with Gasteiger partial charge in [0.25, 0.3) is 5.91 Å². The van der Waals surface area contributed by atoms with Crippen LogP contribution >= 0.6 is 0 Å². The fraction of sp³-hybridized carbons (Fsp3) is 0.353. The quantitative estimate of drug-likeness (QED) is 0.537. The molecule has 0 bridgehead atoms. The third kappa shape index (κ3) is 5.03. The fourth-order valence-corrected chi connectivity index (χ4v) is 2.52. The molecule has 0 saturated carbocycles. The van der Waals surface area contributed by atoms with Gasteiger partial charge < -0.3 is 25.2 Å². The number of carboxylic acid groups (broad SMARTS) is 2. The highest BCUT2D eigenvalue weighted by Gasteiger charge is 2.28. The zero-order valence-corrected chi connectivity index (χ0v) is 14.4. The zero-order valence-electron chi connectivity index (χ0n) is 14.4. The van der Waals surface area contributed by atoms with E-state index in [9.17, 15) is 24.0 Å². The van der Waals surface area contributed by atoms with Gasteiger partial charge in [0.2, 0.25) is 5.91 Å². The summed E-state index contributed by atoms with van der Waals surface area (Å²) in [5, 5.41) is 19.8. The Kier molecular flexibility index (Phi) is 6.11. The van der Waals surface area contributed by atoms with Gasteiger partial charge in [-0.2, -0.15) is 0 Å². The van der Waals surface area contributed by atoms with E-state index < -0.39 is 36.2 Å². The topological polar surface area (TPSA) is 150 Å². The maximum absolute atomic E-state index is 12.1. The summed E-state index contributed by atoms with van der Waals surface area (Å²) in [5.41, 5.74) is 0.709. The van der Waals surface area contributed by atoms with Crippen molar-refractivity contribution in [1.29, 1.82) is 0 Å². The minimum Gasteiger partial charge on any atom is -0.482 e. The smallest absolute Gasteiger partial charge is 0.326 e. The van der Waals surface area contributed by atoms with Crippen molar-refractivity contribution in [2.75, 3.05) is 18.1 Å². The summed E-state index contributed by atoms with van der Waals surface area (Å²) in [6, 6.07) is 3.04. The number of fused-ring (bicyclic) bond motifs is 1. The number of ketones is 1. The van der Waals surface area contributed by atoms with E-state index >= 15 is 0 Å². The number of carboxylic acids is 2. The van der Waals surface area contributed by atoms with Crippen molar-refractivity contribution >= 4 is 35.2 Å². The lowest BCUT2D eigenvalue weighted by atomic mass is 10.1. The summed E-state index contributed by atoms with van der Waals surface area (Å²) in [6.07, 6.45) is -1.01. The number of hydrogen-bond donors (Lipinski definition) is 3. The standard InChI is InChI=1S/C17H18N2O8/c1-9(20)10-2-3-13-12(6-10)19(15(22)8-27-13)5-4-14(21)18-11(17(25)26)7-16(23)24/h2-3,6,11H,4-5,7-8H2,1H3,(H,18,21)(H,23,24)(H,25,26). The molecule has 0 saturated heterocycles. The molecule has 27 heavy (non-hydrogen) atoms. The third-order valence-corrected chi connectivity index (χ3v) is 3.88. The number of aliphatic carboxylic acids is 2. The second-order valence-corrected chi connectivity index (χ2v) is 5.88. The number of ether oxygens (including phenoxy) is 1. The van der Waals surface area contributed by atoms with E-state index in [0.29, 0.717) is 17.0 Å². The first-order chi connectivity index (χ1) is 12.7. The summed E-state index contributed by atoms with van der Waals surface area (Å²) < 4.78 is 5.30. The second kappa shape index (κ2) is 8.30. The van der Waals surface area contributed by atoms with E-state index in [2.05, 4.69) is 5.32 Å². The average molecular weight is 378 g/mol. The number of benzene rings is 1. The minimum atomic E-state index is -1.56. The van der Waals surface area contributed by atoms with Crippen LogP contribution in [0.1, 0.15) is 30.1 Å². The van der Waals surface area contributed by atoms with Crippen LogP contribution in [-0.4, -0.2) is 58.9 Å². The molecule has 1 aromatic carbocycles. The molecule has 144 valence electrons. The van der Waals surface area contributed by atoms with E-state index in [0.717, 1.165) is 0 Å². The number of amides is 2. The van der Waals surface area contributed by atoms with Gasteiger partial charge in [0.1, 0.15) is 11.8 Å². The molecule has 2 rings (SSSR count). The Morgan fingerprint density at radius 3 is 2.56 bits per heavy atom. The number of carbonyl (C=O) groups excluding carboxylic acids is 3. The molecule has 3 N–H and O–H groups in total. The molecule has 0 aliphatic carbocycles. The Bertz CT molecular complexity index is 804. The largest absolute Gasteiger partial charge is 0.482 e. The molecule has 1 unspecified atom stereocenters. The maximum Gasteiger partial charge on any atom is 0.326 e. The predicted octanol–water partition coefficient (Wildman–Crippen LogP) is 0.0488. The lowest BCUT2D eigenvalue weighted by Crippen LogP contribution is -2.45. The van der Waals surface area contributed by atoms with Crippen LogP contribution in [0.15, 0.2) is 18.2 Å². The molecule has 0 aromatic heterocycles. The minimum absolute atomic E-state index is 0.0816.